The Hall–Kier alpha value is -1.28. The summed E-state index contributed by atoms with van der Waals surface area (Å²) in [5, 5.41) is 13.7. The summed E-state index contributed by atoms with van der Waals surface area (Å²) < 4.78 is 23.2. The number of allylic oxidation sites excluding steroid dienone is 5. The highest BCUT2D eigenvalue weighted by Crippen LogP contribution is 2.38. The van der Waals surface area contributed by atoms with Gasteiger partial charge >= 0.3 is 0 Å². The molecule has 3 atom stereocenters. The lowest BCUT2D eigenvalue weighted by molar-refractivity contribution is -0.870. The number of nitrogens with zero attached hydrogens (tertiary/aromatic N) is 1. The average molecular weight is 825 g/mol. The Morgan fingerprint density at radius 2 is 0.982 bits per heavy atom. The number of carbonyl (C=O) groups excluding carboxylic acids is 1. The maximum absolute atomic E-state index is 12.9. The summed E-state index contributed by atoms with van der Waals surface area (Å²) in [5.74, 6) is -0.212. The molecular formula is C48H93N2O6P. The van der Waals surface area contributed by atoms with Crippen LogP contribution in [-0.2, 0) is 18.4 Å². The van der Waals surface area contributed by atoms with E-state index in [0.717, 1.165) is 38.5 Å². The van der Waals surface area contributed by atoms with Gasteiger partial charge in [0, 0.05) is 6.42 Å². The first-order valence-electron chi connectivity index (χ1n) is 23.9. The van der Waals surface area contributed by atoms with Crippen LogP contribution in [0.2, 0.25) is 0 Å². The van der Waals surface area contributed by atoms with Gasteiger partial charge in [-0.25, -0.2) is 0 Å². The van der Waals surface area contributed by atoms with E-state index in [-0.39, 0.29) is 12.5 Å². The minimum Gasteiger partial charge on any atom is -0.756 e. The minimum absolute atomic E-state index is 0.00722. The highest BCUT2D eigenvalue weighted by atomic mass is 31.2. The number of hydrogen-bond donors (Lipinski definition) is 2. The molecule has 0 aliphatic heterocycles. The van der Waals surface area contributed by atoms with Gasteiger partial charge in [0.25, 0.3) is 7.82 Å². The molecule has 57 heavy (non-hydrogen) atoms. The van der Waals surface area contributed by atoms with Gasteiger partial charge in [0.2, 0.25) is 5.91 Å². The number of aliphatic hydroxyl groups is 1. The minimum atomic E-state index is -4.59. The van der Waals surface area contributed by atoms with E-state index in [4.69, 9.17) is 9.05 Å². The van der Waals surface area contributed by atoms with Gasteiger partial charge in [0.15, 0.2) is 0 Å². The van der Waals surface area contributed by atoms with Crippen LogP contribution >= 0.6 is 7.82 Å². The van der Waals surface area contributed by atoms with Crippen LogP contribution in [-0.4, -0.2) is 68.5 Å². The number of carbonyl (C=O) groups is 1. The van der Waals surface area contributed by atoms with E-state index in [1.54, 1.807) is 6.08 Å². The van der Waals surface area contributed by atoms with Crippen LogP contribution in [0.5, 0.6) is 0 Å². The number of aliphatic hydroxyl groups excluding tert-OH is 1. The van der Waals surface area contributed by atoms with Crippen molar-refractivity contribution in [1.29, 1.82) is 0 Å². The molecule has 0 fully saturated rings. The molecule has 0 saturated heterocycles. The SMILES string of the molecule is CCCCCCCC/C=C/CC/C=C/C(O)C(COP(=O)([O-])OCC[N+](C)(C)C)NC(=O)CCCCCCCCC/C=C\CCCCCCCCCCCCCC. The first-order chi connectivity index (χ1) is 27.5. The summed E-state index contributed by atoms with van der Waals surface area (Å²) in [4.78, 5) is 25.3. The fourth-order valence-corrected chi connectivity index (χ4v) is 7.47. The van der Waals surface area contributed by atoms with E-state index in [2.05, 4.69) is 43.5 Å². The van der Waals surface area contributed by atoms with E-state index in [9.17, 15) is 19.4 Å². The van der Waals surface area contributed by atoms with E-state index in [0.29, 0.717) is 17.4 Å². The van der Waals surface area contributed by atoms with E-state index < -0.39 is 26.6 Å². The molecule has 0 aliphatic rings. The first kappa shape index (κ1) is 55.7. The van der Waals surface area contributed by atoms with Gasteiger partial charge in [-0.15, -0.1) is 0 Å². The van der Waals surface area contributed by atoms with Crippen molar-refractivity contribution in [3.8, 4) is 0 Å². The summed E-state index contributed by atoms with van der Waals surface area (Å²) in [6.07, 6.45) is 49.2. The fourth-order valence-electron chi connectivity index (χ4n) is 6.75. The molecule has 9 heteroatoms. The van der Waals surface area contributed by atoms with Crippen molar-refractivity contribution in [1.82, 2.24) is 5.32 Å². The standard InChI is InChI=1S/C48H93N2O6P/c1-6-8-10-12-14-16-18-20-21-22-23-24-25-26-27-28-29-30-32-34-36-38-40-42-48(52)49-46(45-56-57(53,54)55-44-43-50(3,4)5)47(51)41-39-37-35-33-31-19-17-15-13-11-9-7-2/h26-27,31,33,39,41,46-47,51H,6-25,28-30,32,34-38,40,42-45H2,1-5H3,(H-,49,52,53,54)/b27-26-,33-31+,41-39+. The van der Waals surface area contributed by atoms with Gasteiger partial charge in [-0.05, 0) is 57.8 Å². The molecule has 336 valence electrons. The van der Waals surface area contributed by atoms with Crippen molar-refractivity contribution in [3.05, 3.63) is 36.5 Å². The summed E-state index contributed by atoms with van der Waals surface area (Å²) >= 11 is 0. The highest BCUT2D eigenvalue weighted by molar-refractivity contribution is 7.45. The molecule has 0 saturated carbocycles. The Balaban J connectivity index is 4.29. The first-order valence-corrected chi connectivity index (χ1v) is 25.3. The van der Waals surface area contributed by atoms with Crippen molar-refractivity contribution in [2.24, 2.45) is 0 Å². The fraction of sp³-hybridized carbons (Fsp3) is 0.854. The molecule has 0 radical (unpaired) electrons. The Morgan fingerprint density at radius 3 is 1.42 bits per heavy atom. The smallest absolute Gasteiger partial charge is 0.268 e. The van der Waals surface area contributed by atoms with Crippen LogP contribution in [0.4, 0.5) is 0 Å². The van der Waals surface area contributed by atoms with Gasteiger partial charge in [0.1, 0.15) is 13.2 Å². The summed E-state index contributed by atoms with van der Waals surface area (Å²) in [6, 6.07) is -0.903. The number of phosphoric acid groups is 1. The summed E-state index contributed by atoms with van der Waals surface area (Å²) in [5.41, 5.74) is 0. The number of hydrogen-bond acceptors (Lipinski definition) is 6. The third-order valence-electron chi connectivity index (χ3n) is 10.6. The van der Waals surface area contributed by atoms with E-state index in [1.165, 1.54) is 154 Å². The van der Waals surface area contributed by atoms with Gasteiger partial charge in [-0.3, -0.25) is 9.36 Å². The average Bonchev–Trinajstić information content (AvgIpc) is 3.16. The molecular weight excluding hydrogens is 732 g/mol. The lowest BCUT2D eigenvalue weighted by Crippen LogP contribution is -2.45. The van der Waals surface area contributed by atoms with Gasteiger partial charge in [-0.2, -0.15) is 0 Å². The van der Waals surface area contributed by atoms with Crippen molar-refractivity contribution >= 4 is 13.7 Å². The Labute approximate surface area is 353 Å². The molecule has 8 nitrogen and oxygen atoms in total. The molecule has 0 aromatic rings. The second-order valence-corrected chi connectivity index (χ2v) is 18.9. The largest absolute Gasteiger partial charge is 0.756 e. The number of quaternary nitrogens is 1. The Kier molecular flexibility index (Phi) is 39.2. The molecule has 0 rings (SSSR count). The Morgan fingerprint density at radius 1 is 0.596 bits per heavy atom. The molecule has 0 bridgehead atoms. The maximum atomic E-state index is 12.9. The quantitative estimate of drug-likeness (QED) is 0.0274. The third kappa shape index (κ3) is 42.6. The molecule has 0 aromatic carbocycles. The summed E-state index contributed by atoms with van der Waals surface area (Å²) in [7, 11) is 1.24. The monoisotopic (exact) mass is 825 g/mol. The molecule has 0 spiro atoms. The third-order valence-corrected chi connectivity index (χ3v) is 11.5. The second-order valence-electron chi connectivity index (χ2n) is 17.5. The van der Waals surface area contributed by atoms with Crippen LogP contribution in [0.1, 0.15) is 213 Å². The second kappa shape index (κ2) is 40.1. The zero-order chi connectivity index (χ0) is 42.1. The number of phosphoric ester groups is 1. The molecule has 0 aromatic heterocycles. The van der Waals surface area contributed by atoms with Gasteiger partial charge in [-0.1, -0.05) is 185 Å². The van der Waals surface area contributed by atoms with Crippen LogP contribution < -0.4 is 10.2 Å². The number of unbranched alkanes of at least 4 members (excludes halogenated alkanes) is 26. The zero-order valence-electron chi connectivity index (χ0n) is 38.0. The molecule has 0 heterocycles. The molecule has 3 unspecified atom stereocenters. The van der Waals surface area contributed by atoms with Crippen LogP contribution in [0.25, 0.3) is 0 Å². The van der Waals surface area contributed by atoms with Crippen molar-refractivity contribution in [3.63, 3.8) is 0 Å². The van der Waals surface area contributed by atoms with Crippen molar-refractivity contribution in [2.45, 2.75) is 225 Å². The Bertz CT molecular complexity index is 1030. The molecule has 0 aliphatic carbocycles. The number of likely N-dealkylation sites (N-methyl/N-ethyl adjacent to an activating group) is 1. The van der Waals surface area contributed by atoms with Crippen LogP contribution in [0, 0.1) is 0 Å². The van der Waals surface area contributed by atoms with E-state index >= 15 is 0 Å². The predicted octanol–water partition coefficient (Wildman–Crippen LogP) is 12.8. The molecule has 1 amide bonds. The lowest BCUT2D eigenvalue weighted by Gasteiger charge is -2.29. The van der Waals surface area contributed by atoms with Crippen molar-refractivity contribution < 1.29 is 32.9 Å². The number of amides is 1. The lowest BCUT2D eigenvalue weighted by atomic mass is 10.0. The zero-order valence-corrected chi connectivity index (χ0v) is 38.9. The summed E-state index contributed by atoms with van der Waals surface area (Å²) in [6.45, 7) is 4.61. The van der Waals surface area contributed by atoms with Gasteiger partial charge in [0.05, 0.1) is 39.9 Å². The van der Waals surface area contributed by atoms with Gasteiger partial charge < -0.3 is 28.8 Å². The maximum Gasteiger partial charge on any atom is 0.268 e. The van der Waals surface area contributed by atoms with E-state index in [1.807, 2.05) is 27.2 Å². The molecule has 2 N–H and O–H groups in total. The van der Waals surface area contributed by atoms with Crippen molar-refractivity contribution in [2.75, 3.05) is 40.9 Å². The van der Waals surface area contributed by atoms with Crippen LogP contribution in [0.15, 0.2) is 36.5 Å². The number of nitrogens with one attached hydrogen (secondary N) is 1. The predicted molar refractivity (Wildman–Crippen MR) is 242 cm³/mol. The normalized spacial score (nSPS) is 14.6. The topological polar surface area (TPSA) is 108 Å². The number of rotatable bonds is 43. The highest BCUT2D eigenvalue weighted by Gasteiger charge is 2.23. The van der Waals surface area contributed by atoms with Crippen LogP contribution in [0.3, 0.4) is 0 Å².